The van der Waals surface area contributed by atoms with Gasteiger partial charge in [0.2, 0.25) is 10.0 Å². The van der Waals surface area contributed by atoms with Gasteiger partial charge in [-0.15, -0.1) is 12.4 Å². The molecule has 2 fully saturated rings. The number of hydrogen-bond donors (Lipinski definition) is 3. The molecule has 1 amide bonds. The SMILES string of the molecule is COc1ccc(NC(=O)C2CNCCO2)cc1S(=O)(=O)NC1CC1.Cl. The van der Waals surface area contributed by atoms with Gasteiger partial charge in [0.25, 0.3) is 5.91 Å². The molecular weight excluding hydrogens is 370 g/mol. The molecule has 0 aromatic heterocycles. The fraction of sp³-hybridized carbons (Fsp3) is 0.533. The second kappa shape index (κ2) is 8.33. The van der Waals surface area contributed by atoms with Crippen molar-refractivity contribution in [1.29, 1.82) is 0 Å². The lowest BCUT2D eigenvalue weighted by atomic mass is 10.2. The van der Waals surface area contributed by atoms with Crippen LogP contribution in [0.2, 0.25) is 0 Å². The van der Waals surface area contributed by atoms with Gasteiger partial charge < -0.3 is 20.1 Å². The second-order valence-corrected chi connectivity index (χ2v) is 7.50. The molecule has 25 heavy (non-hydrogen) atoms. The Kier molecular flexibility index (Phi) is 6.64. The molecule has 1 heterocycles. The number of carbonyl (C=O) groups is 1. The van der Waals surface area contributed by atoms with Crippen molar-refractivity contribution in [2.45, 2.75) is 29.9 Å². The van der Waals surface area contributed by atoms with E-state index in [4.69, 9.17) is 9.47 Å². The highest BCUT2D eigenvalue weighted by Gasteiger charge is 2.30. The molecule has 0 bridgehead atoms. The van der Waals surface area contributed by atoms with E-state index in [9.17, 15) is 13.2 Å². The Hall–Kier alpha value is -1.39. The van der Waals surface area contributed by atoms with E-state index in [1.165, 1.54) is 19.2 Å². The highest BCUT2D eigenvalue weighted by Crippen LogP contribution is 2.29. The van der Waals surface area contributed by atoms with E-state index in [0.717, 1.165) is 12.8 Å². The van der Waals surface area contributed by atoms with Crippen molar-refractivity contribution in [2.75, 3.05) is 32.1 Å². The van der Waals surface area contributed by atoms with Crippen LogP contribution in [0.1, 0.15) is 12.8 Å². The smallest absolute Gasteiger partial charge is 0.254 e. The number of nitrogens with one attached hydrogen (secondary N) is 3. The molecule has 1 atom stereocenters. The largest absolute Gasteiger partial charge is 0.495 e. The van der Waals surface area contributed by atoms with E-state index in [-0.39, 0.29) is 35.0 Å². The van der Waals surface area contributed by atoms with Gasteiger partial charge >= 0.3 is 0 Å². The Balaban J connectivity index is 0.00000225. The lowest BCUT2D eigenvalue weighted by Crippen LogP contribution is -2.45. The van der Waals surface area contributed by atoms with Gasteiger partial charge in [-0.05, 0) is 31.0 Å². The molecule has 0 spiro atoms. The molecule has 1 aromatic rings. The minimum atomic E-state index is -3.69. The topological polar surface area (TPSA) is 106 Å². The van der Waals surface area contributed by atoms with Crippen molar-refractivity contribution in [1.82, 2.24) is 10.0 Å². The quantitative estimate of drug-likeness (QED) is 0.651. The third-order valence-electron chi connectivity index (χ3n) is 3.84. The molecule has 10 heteroatoms. The number of carbonyl (C=O) groups excluding carboxylic acids is 1. The van der Waals surface area contributed by atoms with Gasteiger partial charge in [0, 0.05) is 24.8 Å². The first-order valence-corrected chi connectivity index (χ1v) is 9.31. The normalized spacial score (nSPS) is 20.4. The summed E-state index contributed by atoms with van der Waals surface area (Å²) in [5.74, 6) is -0.0809. The summed E-state index contributed by atoms with van der Waals surface area (Å²) in [6.07, 6.45) is 1.08. The summed E-state index contributed by atoms with van der Waals surface area (Å²) in [4.78, 5) is 12.2. The number of morpholine rings is 1. The molecule has 1 saturated carbocycles. The summed E-state index contributed by atoms with van der Waals surface area (Å²) in [6.45, 7) is 1.60. The first-order valence-electron chi connectivity index (χ1n) is 7.83. The molecule has 140 valence electrons. The van der Waals surface area contributed by atoms with Crippen molar-refractivity contribution in [2.24, 2.45) is 0 Å². The van der Waals surface area contributed by atoms with Gasteiger partial charge in [0.15, 0.2) is 0 Å². The van der Waals surface area contributed by atoms with E-state index in [1.807, 2.05) is 0 Å². The standard InChI is InChI=1S/C15H21N3O5S.ClH/c1-22-12-5-4-11(17-15(19)13-9-16-6-7-23-13)8-14(12)24(20,21)18-10-2-3-10;/h4-5,8,10,13,16,18H,2-3,6-7,9H2,1H3,(H,17,19);1H. The number of halogens is 1. The van der Waals surface area contributed by atoms with Gasteiger partial charge in [0.05, 0.1) is 13.7 Å². The molecule has 3 N–H and O–H groups in total. The zero-order chi connectivity index (χ0) is 17.2. The molecule has 1 unspecified atom stereocenters. The number of rotatable bonds is 6. The van der Waals surface area contributed by atoms with Crippen LogP contribution in [0.15, 0.2) is 23.1 Å². The summed E-state index contributed by atoms with van der Waals surface area (Å²) in [5, 5.41) is 5.76. The van der Waals surface area contributed by atoms with Gasteiger partial charge in [-0.25, -0.2) is 13.1 Å². The third-order valence-corrected chi connectivity index (χ3v) is 5.38. The fourth-order valence-corrected chi connectivity index (χ4v) is 3.90. The van der Waals surface area contributed by atoms with Crippen LogP contribution in [0.3, 0.4) is 0 Å². The van der Waals surface area contributed by atoms with Crippen LogP contribution in [0.25, 0.3) is 0 Å². The number of hydrogen-bond acceptors (Lipinski definition) is 6. The van der Waals surface area contributed by atoms with Crippen LogP contribution in [0.5, 0.6) is 5.75 Å². The first kappa shape index (κ1) is 19.9. The number of sulfonamides is 1. The Morgan fingerprint density at radius 1 is 1.36 bits per heavy atom. The zero-order valence-electron chi connectivity index (χ0n) is 13.8. The van der Waals surface area contributed by atoms with Crippen LogP contribution < -0.4 is 20.1 Å². The molecule has 8 nitrogen and oxygen atoms in total. The van der Waals surface area contributed by atoms with Crippen LogP contribution in [-0.4, -0.2) is 53.3 Å². The van der Waals surface area contributed by atoms with Crippen molar-refractivity contribution in [3.05, 3.63) is 18.2 Å². The van der Waals surface area contributed by atoms with Crippen LogP contribution in [0.4, 0.5) is 5.69 Å². The summed E-state index contributed by atoms with van der Waals surface area (Å²) < 4.78 is 38.1. The first-order chi connectivity index (χ1) is 11.5. The van der Waals surface area contributed by atoms with Crippen molar-refractivity contribution < 1.29 is 22.7 Å². The van der Waals surface area contributed by atoms with E-state index >= 15 is 0 Å². The predicted octanol–water partition coefficient (Wildman–Crippen LogP) is 0.485. The number of methoxy groups -OCH3 is 1. The number of amides is 1. The molecule has 1 saturated heterocycles. The van der Waals surface area contributed by atoms with Crippen molar-refractivity contribution in [3.8, 4) is 5.75 Å². The number of ether oxygens (including phenoxy) is 2. The third kappa shape index (κ3) is 5.05. The van der Waals surface area contributed by atoms with E-state index < -0.39 is 16.1 Å². The summed E-state index contributed by atoms with van der Waals surface area (Å²) >= 11 is 0. The molecule has 1 aliphatic carbocycles. The Morgan fingerprint density at radius 3 is 2.72 bits per heavy atom. The maximum Gasteiger partial charge on any atom is 0.254 e. The average Bonchev–Trinajstić information content (AvgIpc) is 3.39. The highest BCUT2D eigenvalue weighted by atomic mass is 35.5. The minimum absolute atomic E-state index is 0. The molecule has 0 radical (unpaired) electrons. The Morgan fingerprint density at radius 2 is 2.12 bits per heavy atom. The van der Waals surface area contributed by atoms with E-state index in [1.54, 1.807) is 6.07 Å². The van der Waals surface area contributed by atoms with Gasteiger partial charge in [-0.2, -0.15) is 0 Å². The second-order valence-electron chi connectivity index (χ2n) is 5.81. The monoisotopic (exact) mass is 391 g/mol. The van der Waals surface area contributed by atoms with Crippen LogP contribution in [-0.2, 0) is 19.6 Å². The lowest BCUT2D eigenvalue weighted by Gasteiger charge is -2.23. The predicted molar refractivity (Wildman–Crippen MR) is 94.8 cm³/mol. The maximum atomic E-state index is 12.5. The number of benzene rings is 1. The lowest BCUT2D eigenvalue weighted by molar-refractivity contribution is -0.128. The fourth-order valence-electron chi connectivity index (χ4n) is 2.41. The molecule has 1 aliphatic heterocycles. The Bertz CT molecular complexity index is 718. The molecule has 2 aliphatic rings. The summed E-state index contributed by atoms with van der Waals surface area (Å²) in [7, 11) is -2.28. The summed E-state index contributed by atoms with van der Waals surface area (Å²) in [5.41, 5.74) is 0.381. The van der Waals surface area contributed by atoms with Crippen molar-refractivity contribution >= 4 is 34.0 Å². The van der Waals surface area contributed by atoms with E-state index in [0.29, 0.717) is 25.4 Å². The van der Waals surface area contributed by atoms with Crippen LogP contribution in [0, 0.1) is 0 Å². The van der Waals surface area contributed by atoms with E-state index in [2.05, 4.69) is 15.4 Å². The zero-order valence-corrected chi connectivity index (χ0v) is 15.4. The molecular formula is C15H22ClN3O5S. The molecule has 3 rings (SSSR count). The van der Waals surface area contributed by atoms with Gasteiger partial charge in [-0.1, -0.05) is 0 Å². The van der Waals surface area contributed by atoms with Crippen LogP contribution >= 0.6 is 12.4 Å². The number of anilines is 1. The van der Waals surface area contributed by atoms with Gasteiger partial charge in [-0.3, -0.25) is 4.79 Å². The highest BCUT2D eigenvalue weighted by molar-refractivity contribution is 7.89. The van der Waals surface area contributed by atoms with Gasteiger partial charge in [0.1, 0.15) is 16.7 Å². The summed E-state index contributed by atoms with van der Waals surface area (Å²) in [6, 6.07) is 4.51. The average molecular weight is 392 g/mol. The maximum absolute atomic E-state index is 12.5. The van der Waals surface area contributed by atoms with Crippen molar-refractivity contribution in [3.63, 3.8) is 0 Å². The Labute approximate surface area is 153 Å². The molecule has 1 aromatic carbocycles. The minimum Gasteiger partial charge on any atom is -0.495 e.